The van der Waals surface area contributed by atoms with E-state index in [1.165, 1.54) is 32.1 Å². The molecule has 3 aromatic heterocycles. The van der Waals surface area contributed by atoms with Gasteiger partial charge < -0.3 is 9.64 Å². The van der Waals surface area contributed by atoms with E-state index >= 15 is 0 Å². The SMILES string of the molecule is BrCCCCCCCCCOc1cc(N(c2ccc(C=Cc3ccncc3)cc2)c2ccc(C=Cc3ccncc3)cc2)ccc1-c1ccc(C=Cc2ccncc2)cc1. The van der Waals surface area contributed by atoms with Gasteiger partial charge in [-0.25, -0.2) is 0 Å². The lowest BCUT2D eigenvalue weighted by molar-refractivity contribution is 0.305. The number of halogens is 1. The molecule has 0 fully saturated rings. The molecule has 5 nitrogen and oxygen atoms in total. The van der Waals surface area contributed by atoms with E-state index in [0.717, 1.165) is 85.5 Å². The van der Waals surface area contributed by atoms with Crippen molar-refractivity contribution in [3.05, 3.63) is 198 Å². The standard InChI is InChI=1S/C54H51BrN4O/c55-34-6-4-2-1-3-5-7-41-60-54-42-52(26-27-53(54)49-20-14-43(15-21-49)8-11-46-28-35-56-36-29-46)59(50-22-16-44(17-23-50)9-12-47-30-37-57-38-31-47)51-24-18-45(19-25-51)10-13-48-32-39-58-40-33-48/h8-33,35-40,42H,1-7,34,41H2. The van der Waals surface area contributed by atoms with E-state index in [4.69, 9.17) is 4.74 Å². The van der Waals surface area contributed by atoms with Crippen molar-refractivity contribution in [2.75, 3.05) is 16.8 Å². The lowest BCUT2D eigenvalue weighted by Gasteiger charge is -2.27. The molecule has 0 unspecified atom stereocenters. The summed E-state index contributed by atoms with van der Waals surface area (Å²) in [4.78, 5) is 14.7. The quantitative estimate of drug-likeness (QED) is 0.0565. The third-order valence-electron chi connectivity index (χ3n) is 10.3. The van der Waals surface area contributed by atoms with Crippen LogP contribution in [0.2, 0.25) is 0 Å². The molecule has 0 aliphatic heterocycles. The first-order valence-corrected chi connectivity index (χ1v) is 22.0. The van der Waals surface area contributed by atoms with Crippen LogP contribution in [0.3, 0.4) is 0 Å². The van der Waals surface area contributed by atoms with Gasteiger partial charge in [-0.2, -0.15) is 0 Å². The highest BCUT2D eigenvalue weighted by molar-refractivity contribution is 9.09. The van der Waals surface area contributed by atoms with Gasteiger partial charge in [0.1, 0.15) is 5.75 Å². The average molecular weight is 852 g/mol. The van der Waals surface area contributed by atoms with E-state index in [0.29, 0.717) is 6.61 Å². The Morgan fingerprint density at radius 2 is 0.767 bits per heavy atom. The zero-order valence-corrected chi connectivity index (χ0v) is 35.6. The predicted octanol–water partition coefficient (Wildman–Crippen LogP) is 15.0. The van der Waals surface area contributed by atoms with Crippen molar-refractivity contribution in [2.24, 2.45) is 0 Å². The summed E-state index contributed by atoms with van der Waals surface area (Å²) >= 11 is 3.56. The Bertz CT molecular complexity index is 2320. The summed E-state index contributed by atoms with van der Waals surface area (Å²) in [5.41, 5.74) is 12.1. The summed E-state index contributed by atoms with van der Waals surface area (Å²) < 4.78 is 6.74. The molecule has 0 aliphatic carbocycles. The number of hydrogen-bond acceptors (Lipinski definition) is 5. The Kier molecular flexibility index (Phi) is 15.8. The molecule has 7 aromatic rings. The van der Waals surface area contributed by atoms with Crippen molar-refractivity contribution < 1.29 is 4.74 Å². The minimum atomic E-state index is 0.668. The van der Waals surface area contributed by atoms with E-state index < -0.39 is 0 Å². The molecule has 3 heterocycles. The van der Waals surface area contributed by atoms with Crippen LogP contribution >= 0.6 is 15.9 Å². The Morgan fingerprint density at radius 1 is 0.400 bits per heavy atom. The van der Waals surface area contributed by atoms with E-state index in [2.05, 4.69) is 163 Å². The van der Waals surface area contributed by atoms with Crippen LogP contribution in [0.25, 0.3) is 47.6 Å². The van der Waals surface area contributed by atoms with Crippen LogP contribution in [-0.2, 0) is 0 Å². The Morgan fingerprint density at radius 3 is 1.20 bits per heavy atom. The number of pyridine rings is 3. The molecule has 0 amide bonds. The molecule has 60 heavy (non-hydrogen) atoms. The molecular weight excluding hydrogens is 801 g/mol. The number of ether oxygens (including phenoxy) is 1. The van der Waals surface area contributed by atoms with Gasteiger partial charge in [0.05, 0.1) is 6.61 Å². The van der Waals surface area contributed by atoms with Gasteiger partial charge in [-0.05, 0) is 125 Å². The molecule has 0 saturated carbocycles. The molecule has 0 saturated heterocycles. The highest BCUT2D eigenvalue weighted by Crippen LogP contribution is 2.40. The second kappa shape index (κ2) is 22.7. The molecule has 0 atom stereocenters. The van der Waals surface area contributed by atoms with Crippen molar-refractivity contribution in [3.63, 3.8) is 0 Å². The fraction of sp³-hybridized carbons (Fsp3) is 0.167. The third-order valence-corrected chi connectivity index (χ3v) is 10.9. The number of benzene rings is 4. The Hall–Kier alpha value is -6.37. The van der Waals surface area contributed by atoms with Crippen LogP contribution in [-0.4, -0.2) is 26.9 Å². The van der Waals surface area contributed by atoms with Crippen molar-refractivity contribution >= 4 is 69.4 Å². The molecule has 300 valence electrons. The highest BCUT2D eigenvalue weighted by Gasteiger charge is 2.16. The first kappa shape index (κ1) is 41.8. The molecule has 6 heteroatoms. The maximum absolute atomic E-state index is 6.74. The van der Waals surface area contributed by atoms with Crippen molar-refractivity contribution in [1.82, 2.24) is 15.0 Å². The van der Waals surface area contributed by atoms with Gasteiger partial charge in [0.25, 0.3) is 0 Å². The van der Waals surface area contributed by atoms with Crippen LogP contribution in [0.4, 0.5) is 17.1 Å². The number of anilines is 3. The maximum Gasteiger partial charge on any atom is 0.129 e. The molecule has 0 N–H and O–H groups in total. The third kappa shape index (κ3) is 12.6. The van der Waals surface area contributed by atoms with Gasteiger partial charge >= 0.3 is 0 Å². The lowest BCUT2D eigenvalue weighted by Crippen LogP contribution is -2.10. The van der Waals surface area contributed by atoms with Gasteiger partial charge in [-0.1, -0.05) is 133 Å². The van der Waals surface area contributed by atoms with E-state index in [1.54, 1.807) is 0 Å². The number of nitrogens with zero attached hydrogens (tertiary/aromatic N) is 4. The molecular formula is C54H51BrN4O. The number of alkyl halides is 1. The van der Waals surface area contributed by atoms with Crippen molar-refractivity contribution in [2.45, 2.75) is 44.9 Å². The summed E-state index contributed by atoms with van der Waals surface area (Å²) in [6, 6.07) is 44.8. The van der Waals surface area contributed by atoms with Gasteiger partial charge in [0, 0.05) is 71.2 Å². The summed E-state index contributed by atoms with van der Waals surface area (Å²) in [6.07, 6.45) is 32.2. The first-order valence-electron chi connectivity index (χ1n) is 20.9. The summed E-state index contributed by atoms with van der Waals surface area (Å²) in [6.45, 7) is 0.668. The lowest BCUT2D eigenvalue weighted by atomic mass is 10.0. The van der Waals surface area contributed by atoms with Gasteiger partial charge in [0.2, 0.25) is 0 Å². The molecule has 0 radical (unpaired) electrons. The molecule has 0 spiro atoms. The first-order chi connectivity index (χ1) is 29.7. The summed E-state index contributed by atoms with van der Waals surface area (Å²) in [5.74, 6) is 0.878. The minimum Gasteiger partial charge on any atom is -0.493 e. The second-order valence-corrected chi connectivity index (χ2v) is 15.5. The Balaban J connectivity index is 1.18. The monoisotopic (exact) mass is 850 g/mol. The van der Waals surface area contributed by atoms with E-state index in [-0.39, 0.29) is 0 Å². The minimum absolute atomic E-state index is 0.668. The van der Waals surface area contributed by atoms with Gasteiger partial charge in [-0.15, -0.1) is 0 Å². The van der Waals surface area contributed by atoms with Crippen LogP contribution < -0.4 is 9.64 Å². The number of hydrogen-bond donors (Lipinski definition) is 0. The second-order valence-electron chi connectivity index (χ2n) is 14.7. The van der Waals surface area contributed by atoms with Gasteiger partial charge in [-0.3, -0.25) is 15.0 Å². The van der Waals surface area contributed by atoms with Crippen LogP contribution in [0.1, 0.15) is 78.3 Å². The van der Waals surface area contributed by atoms with Crippen molar-refractivity contribution in [3.8, 4) is 16.9 Å². The fourth-order valence-electron chi connectivity index (χ4n) is 6.96. The average Bonchev–Trinajstić information content (AvgIpc) is 3.31. The number of aromatic nitrogens is 3. The van der Waals surface area contributed by atoms with Crippen molar-refractivity contribution in [1.29, 1.82) is 0 Å². The molecule has 7 rings (SSSR count). The summed E-state index contributed by atoms with van der Waals surface area (Å²) in [5, 5.41) is 1.09. The van der Waals surface area contributed by atoms with E-state index in [1.807, 2.05) is 73.6 Å². The van der Waals surface area contributed by atoms with Crippen LogP contribution in [0.15, 0.2) is 165 Å². The molecule has 0 aliphatic rings. The normalized spacial score (nSPS) is 11.5. The fourth-order valence-corrected chi connectivity index (χ4v) is 7.36. The maximum atomic E-state index is 6.74. The van der Waals surface area contributed by atoms with E-state index in [9.17, 15) is 0 Å². The van der Waals surface area contributed by atoms with Crippen LogP contribution in [0.5, 0.6) is 5.75 Å². The number of unbranched alkanes of at least 4 members (excludes halogenated alkanes) is 6. The van der Waals surface area contributed by atoms with Crippen LogP contribution in [0, 0.1) is 0 Å². The largest absolute Gasteiger partial charge is 0.493 e. The topological polar surface area (TPSA) is 51.1 Å². The highest BCUT2D eigenvalue weighted by atomic mass is 79.9. The molecule has 4 aromatic carbocycles. The zero-order chi connectivity index (χ0) is 41.0. The molecule has 0 bridgehead atoms. The Labute approximate surface area is 364 Å². The predicted molar refractivity (Wildman–Crippen MR) is 258 cm³/mol. The number of rotatable bonds is 20. The summed E-state index contributed by atoms with van der Waals surface area (Å²) in [7, 11) is 0. The van der Waals surface area contributed by atoms with Gasteiger partial charge in [0.15, 0.2) is 0 Å². The zero-order valence-electron chi connectivity index (χ0n) is 34.0. The smallest absolute Gasteiger partial charge is 0.129 e.